The Morgan fingerprint density at radius 2 is 2.17 bits per heavy atom. The molecule has 0 aliphatic carbocycles. The quantitative estimate of drug-likeness (QED) is 0.869. The monoisotopic (exact) mass is 251 g/mol. The Hall–Kier alpha value is -1.95. The second-order valence-corrected chi connectivity index (χ2v) is 4.84. The zero-order chi connectivity index (χ0) is 13.3. The highest BCUT2D eigenvalue weighted by molar-refractivity contribution is 5.55. The number of benzene rings is 1. The topological polar surface area (TPSA) is 85.2 Å². The molecule has 0 radical (unpaired) electrons. The molecule has 0 aliphatic rings. The molecule has 0 amide bonds. The zero-order valence-electron chi connectivity index (χ0n) is 10.1. The van der Waals surface area contributed by atoms with Gasteiger partial charge in [0.1, 0.15) is 0 Å². The number of halogens is 1. The predicted molar refractivity (Wildman–Crippen MR) is 63.3 cm³/mol. The van der Waals surface area contributed by atoms with Gasteiger partial charge in [-0.2, -0.15) is 4.98 Å². The number of aromatic hydroxyl groups is 1. The summed E-state index contributed by atoms with van der Waals surface area (Å²) in [6.45, 7) is 3.69. The van der Waals surface area contributed by atoms with Crippen molar-refractivity contribution in [3.8, 4) is 17.1 Å². The maximum Gasteiger partial charge on any atom is 0.228 e. The van der Waals surface area contributed by atoms with Crippen molar-refractivity contribution < 1.29 is 14.0 Å². The second kappa shape index (κ2) is 4.38. The van der Waals surface area contributed by atoms with Crippen LogP contribution in [0.5, 0.6) is 5.75 Å². The van der Waals surface area contributed by atoms with Crippen molar-refractivity contribution in [2.45, 2.75) is 25.8 Å². The highest BCUT2D eigenvalue weighted by atomic mass is 19.1. The molecular formula is C12H14FN3O2. The van der Waals surface area contributed by atoms with Crippen LogP contribution in [0.1, 0.15) is 19.7 Å². The van der Waals surface area contributed by atoms with E-state index in [9.17, 15) is 4.39 Å². The molecule has 0 spiro atoms. The molecule has 0 fully saturated rings. The third kappa shape index (κ3) is 2.84. The third-order valence-electron chi connectivity index (χ3n) is 2.28. The number of nitrogens with two attached hydrogens (primary N) is 1. The van der Waals surface area contributed by atoms with Crippen molar-refractivity contribution >= 4 is 0 Å². The Morgan fingerprint density at radius 3 is 2.78 bits per heavy atom. The Balaban J connectivity index is 2.26. The van der Waals surface area contributed by atoms with E-state index >= 15 is 0 Å². The van der Waals surface area contributed by atoms with Crippen LogP contribution < -0.4 is 5.73 Å². The van der Waals surface area contributed by atoms with Crippen LogP contribution in [-0.2, 0) is 6.42 Å². The van der Waals surface area contributed by atoms with Crippen molar-refractivity contribution in [1.29, 1.82) is 0 Å². The summed E-state index contributed by atoms with van der Waals surface area (Å²) < 4.78 is 18.2. The molecule has 3 N–H and O–H groups in total. The first-order valence-corrected chi connectivity index (χ1v) is 5.45. The summed E-state index contributed by atoms with van der Waals surface area (Å²) in [6.07, 6.45) is 0.431. The smallest absolute Gasteiger partial charge is 0.228 e. The minimum atomic E-state index is -0.724. The average molecular weight is 251 g/mol. The molecule has 0 unspecified atom stereocenters. The first-order valence-electron chi connectivity index (χ1n) is 5.45. The molecule has 96 valence electrons. The molecule has 2 aromatic rings. The summed E-state index contributed by atoms with van der Waals surface area (Å²) in [5.74, 6) is -0.470. The van der Waals surface area contributed by atoms with Crippen LogP contribution in [0.4, 0.5) is 4.39 Å². The van der Waals surface area contributed by atoms with E-state index < -0.39 is 17.1 Å². The van der Waals surface area contributed by atoms with Crippen molar-refractivity contribution in [3.63, 3.8) is 0 Å². The molecule has 0 atom stereocenters. The van der Waals surface area contributed by atoms with Crippen molar-refractivity contribution in [3.05, 3.63) is 29.9 Å². The lowest BCUT2D eigenvalue weighted by molar-refractivity contribution is 0.348. The van der Waals surface area contributed by atoms with Crippen LogP contribution in [0, 0.1) is 5.82 Å². The minimum absolute atomic E-state index is 0.271. The van der Waals surface area contributed by atoms with Crippen LogP contribution in [-0.4, -0.2) is 20.8 Å². The van der Waals surface area contributed by atoms with Gasteiger partial charge in [-0.05, 0) is 32.0 Å². The van der Waals surface area contributed by atoms with Gasteiger partial charge in [0.05, 0.1) is 0 Å². The molecule has 0 saturated heterocycles. The lowest BCUT2D eigenvalue weighted by Crippen LogP contribution is -2.34. The Morgan fingerprint density at radius 1 is 1.44 bits per heavy atom. The van der Waals surface area contributed by atoms with E-state index in [1.54, 1.807) is 0 Å². The number of rotatable bonds is 3. The van der Waals surface area contributed by atoms with Gasteiger partial charge in [0.25, 0.3) is 0 Å². The van der Waals surface area contributed by atoms with E-state index in [-0.39, 0.29) is 5.82 Å². The van der Waals surface area contributed by atoms with Gasteiger partial charge in [-0.3, -0.25) is 0 Å². The number of hydrogen-bond acceptors (Lipinski definition) is 5. The summed E-state index contributed by atoms with van der Waals surface area (Å²) in [6, 6.07) is 3.91. The molecule has 5 nitrogen and oxygen atoms in total. The molecule has 0 saturated carbocycles. The van der Waals surface area contributed by atoms with Crippen molar-refractivity contribution in [2.75, 3.05) is 0 Å². The third-order valence-corrected chi connectivity index (χ3v) is 2.28. The van der Waals surface area contributed by atoms with Gasteiger partial charge in [-0.25, -0.2) is 4.39 Å². The van der Waals surface area contributed by atoms with E-state index in [2.05, 4.69) is 10.1 Å². The number of phenolic OH excluding ortho intramolecular Hbond substituents is 1. The summed E-state index contributed by atoms with van der Waals surface area (Å²) in [5.41, 5.74) is 5.82. The lowest BCUT2D eigenvalue weighted by Gasteiger charge is -2.14. The molecule has 6 heteroatoms. The van der Waals surface area contributed by atoms with E-state index in [4.69, 9.17) is 15.4 Å². The van der Waals surface area contributed by atoms with Gasteiger partial charge in [0.2, 0.25) is 11.7 Å². The summed E-state index contributed by atoms with van der Waals surface area (Å²) in [7, 11) is 0. The van der Waals surface area contributed by atoms with Crippen LogP contribution in [0.2, 0.25) is 0 Å². The second-order valence-electron chi connectivity index (χ2n) is 4.84. The zero-order valence-corrected chi connectivity index (χ0v) is 10.1. The average Bonchev–Trinajstić information content (AvgIpc) is 2.68. The van der Waals surface area contributed by atoms with E-state index in [1.807, 2.05) is 13.8 Å². The lowest BCUT2D eigenvalue weighted by atomic mass is 10.0. The molecule has 2 rings (SSSR count). The molecule has 18 heavy (non-hydrogen) atoms. The summed E-state index contributed by atoms with van der Waals surface area (Å²) in [4.78, 5) is 4.13. The van der Waals surface area contributed by atoms with Crippen LogP contribution in [0.3, 0.4) is 0 Å². The standard InChI is InChI=1S/C12H14FN3O2/c1-12(2,14)6-10-15-11(16-18-10)7-3-4-9(17)8(13)5-7/h3-5,17H,6,14H2,1-2H3. The fourth-order valence-electron chi connectivity index (χ4n) is 1.48. The van der Waals surface area contributed by atoms with Crippen LogP contribution in [0.15, 0.2) is 22.7 Å². The normalized spacial score (nSPS) is 11.8. The molecule has 1 aromatic heterocycles. The van der Waals surface area contributed by atoms with Gasteiger partial charge >= 0.3 is 0 Å². The Kier molecular flexibility index (Phi) is 3.04. The fourth-order valence-corrected chi connectivity index (χ4v) is 1.48. The van der Waals surface area contributed by atoms with Gasteiger partial charge < -0.3 is 15.4 Å². The Labute approximate surface area is 103 Å². The number of nitrogens with zero attached hydrogens (tertiary/aromatic N) is 2. The number of aromatic nitrogens is 2. The number of phenols is 1. The van der Waals surface area contributed by atoms with Gasteiger partial charge in [-0.15, -0.1) is 0 Å². The minimum Gasteiger partial charge on any atom is -0.505 e. The van der Waals surface area contributed by atoms with Crippen LogP contribution >= 0.6 is 0 Å². The molecule has 0 aliphatic heterocycles. The summed E-state index contributed by atoms with van der Waals surface area (Å²) >= 11 is 0. The van der Waals surface area contributed by atoms with Crippen LogP contribution in [0.25, 0.3) is 11.4 Å². The van der Waals surface area contributed by atoms with Gasteiger partial charge in [-0.1, -0.05) is 5.16 Å². The Bertz CT molecular complexity index is 561. The molecule has 1 heterocycles. The maximum atomic E-state index is 13.2. The number of hydrogen-bond donors (Lipinski definition) is 2. The van der Waals surface area contributed by atoms with Crippen molar-refractivity contribution in [2.24, 2.45) is 5.73 Å². The maximum absolute atomic E-state index is 13.2. The SMILES string of the molecule is CC(C)(N)Cc1nc(-c2ccc(O)c(F)c2)no1. The largest absolute Gasteiger partial charge is 0.505 e. The van der Waals surface area contributed by atoms with E-state index in [1.165, 1.54) is 12.1 Å². The van der Waals surface area contributed by atoms with E-state index in [0.29, 0.717) is 17.9 Å². The van der Waals surface area contributed by atoms with Gasteiger partial charge in [0.15, 0.2) is 11.6 Å². The van der Waals surface area contributed by atoms with Gasteiger partial charge in [0, 0.05) is 17.5 Å². The molecule has 0 bridgehead atoms. The molecular weight excluding hydrogens is 237 g/mol. The summed E-state index contributed by atoms with van der Waals surface area (Å²) in [5, 5.41) is 12.8. The highest BCUT2D eigenvalue weighted by Crippen LogP contribution is 2.23. The first kappa shape index (κ1) is 12.5. The van der Waals surface area contributed by atoms with E-state index in [0.717, 1.165) is 6.07 Å². The van der Waals surface area contributed by atoms with Crippen molar-refractivity contribution in [1.82, 2.24) is 10.1 Å². The fraction of sp³-hybridized carbons (Fsp3) is 0.333. The first-order chi connectivity index (χ1) is 8.35. The predicted octanol–water partition coefficient (Wildman–Crippen LogP) is 1.86. The molecule has 1 aromatic carbocycles. The highest BCUT2D eigenvalue weighted by Gasteiger charge is 2.18.